The molecule has 0 fully saturated rings. The van der Waals surface area contributed by atoms with Crippen molar-refractivity contribution in [1.82, 2.24) is 0 Å². The second-order valence-corrected chi connectivity index (χ2v) is 8.90. The lowest BCUT2D eigenvalue weighted by atomic mass is 10.1. The number of hydrogen-bond acceptors (Lipinski definition) is 4. The highest BCUT2D eigenvalue weighted by molar-refractivity contribution is 7.90. The molecule has 2 aromatic rings. The van der Waals surface area contributed by atoms with E-state index in [0.29, 0.717) is 0 Å². The molecule has 118 valence electrons. The molecule has 0 spiro atoms. The molecule has 2 rings (SSSR count). The smallest absolute Gasteiger partial charge is 0.225 e. The fraction of sp³-hybridized carbons (Fsp3) is 0.0769. The number of benzene rings is 2. The largest absolute Gasteiger partial charge is 0.238 e. The van der Waals surface area contributed by atoms with Crippen LogP contribution in [-0.2, 0) is 19.9 Å². The number of sulfonamides is 1. The first-order valence-electron chi connectivity index (χ1n) is 5.83. The Bertz CT molecular complexity index is 954. The summed E-state index contributed by atoms with van der Waals surface area (Å²) >= 11 is 12.0. The zero-order valence-electron chi connectivity index (χ0n) is 11.2. The maximum Gasteiger partial charge on any atom is 0.238 e. The fourth-order valence-electron chi connectivity index (χ4n) is 1.97. The van der Waals surface area contributed by atoms with Gasteiger partial charge in [0.15, 0.2) is 9.84 Å². The molecule has 0 aliphatic carbocycles. The minimum Gasteiger partial charge on any atom is -0.225 e. The standard InChI is InChI=1S/C13H11Cl2NO4S2/c1-21(17,18)12-4-2-3-9(13(12)15)10-7-8(14)5-6-11(10)22(16,19)20/h2-7H,1H3,(H2,16,19,20). The second kappa shape index (κ2) is 5.82. The highest BCUT2D eigenvalue weighted by Crippen LogP contribution is 2.37. The summed E-state index contributed by atoms with van der Waals surface area (Å²) in [6.45, 7) is 0. The predicted octanol–water partition coefficient (Wildman–Crippen LogP) is 2.71. The van der Waals surface area contributed by atoms with E-state index in [-0.39, 0.29) is 31.0 Å². The molecular formula is C13H11Cl2NO4S2. The maximum atomic E-state index is 11.7. The quantitative estimate of drug-likeness (QED) is 0.886. The zero-order valence-corrected chi connectivity index (χ0v) is 14.4. The minimum atomic E-state index is -4.03. The molecule has 0 atom stereocenters. The van der Waals surface area contributed by atoms with Crippen molar-refractivity contribution in [1.29, 1.82) is 0 Å². The number of nitrogens with two attached hydrogens (primary N) is 1. The SMILES string of the molecule is CS(=O)(=O)c1cccc(-c2cc(Cl)ccc2S(N)(=O)=O)c1Cl. The Morgan fingerprint density at radius 3 is 2.09 bits per heavy atom. The zero-order chi connectivity index (χ0) is 16.7. The van der Waals surface area contributed by atoms with E-state index in [1.54, 1.807) is 0 Å². The molecule has 9 heteroatoms. The molecule has 0 aromatic heterocycles. The monoisotopic (exact) mass is 379 g/mol. The van der Waals surface area contributed by atoms with E-state index in [1.807, 2.05) is 0 Å². The summed E-state index contributed by atoms with van der Waals surface area (Å²) in [7, 11) is -7.60. The average Bonchev–Trinajstić information content (AvgIpc) is 2.36. The van der Waals surface area contributed by atoms with Gasteiger partial charge in [0.2, 0.25) is 10.0 Å². The van der Waals surface area contributed by atoms with Crippen molar-refractivity contribution >= 4 is 43.1 Å². The van der Waals surface area contributed by atoms with E-state index in [2.05, 4.69) is 0 Å². The van der Waals surface area contributed by atoms with Crippen LogP contribution in [0.5, 0.6) is 0 Å². The molecule has 0 unspecified atom stereocenters. The van der Waals surface area contributed by atoms with Crippen molar-refractivity contribution in [2.45, 2.75) is 9.79 Å². The summed E-state index contributed by atoms with van der Waals surface area (Å²) in [5, 5.41) is 5.37. The Morgan fingerprint density at radius 1 is 0.909 bits per heavy atom. The molecule has 0 aliphatic rings. The third-order valence-corrected chi connectivity index (χ3v) is 5.76. The van der Waals surface area contributed by atoms with E-state index >= 15 is 0 Å². The van der Waals surface area contributed by atoms with Crippen LogP contribution in [0.3, 0.4) is 0 Å². The van der Waals surface area contributed by atoms with Crippen LogP contribution < -0.4 is 5.14 Å². The first kappa shape index (κ1) is 17.2. The Balaban J connectivity index is 2.87. The van der Waals surface area contributed by atoms with Gasteiger partial charge in [0.05, 0.1) is 14.8 Å². The van der Waals surface area contributed by atoms with Crippen LogP contribution in [0.25, 0.3) is 11.1 Å². The van der Waals surface area contributed by atoms with Crippen molar-refractivity contribution in [3.05, 3.63) is 46.4 Å². The molecule has 0 radical (unpaired) electrons. The molecule has 0 heterocycles. The lowest BCUT2D eigenvalue weighted by Gasteiger charge is -2.12. The molecule has 2 N–H and O–H groups in total. The van der Waals surface area contributed by atoms with Crippen LogP contribution in [0.15, 0.2) is 46.2 Å². The van der Waals surface area contributed by atoms with Crippen LogP contribution in [-0.4, -0.2) is 23.1 Å². The number of rotatable bonds is 3. The van der Waals surface area contributed by atoms with Gasteiger partial charge in [-0.05, 0) is 24.3 Å². The summed E-state index contributed by atoms with van der Waals surface area (Å²) in [5.41, 5.74) is 0.363. The van der Waals surface area contributed by atoms with E-state index in [9.17, 15) is 16.8 Å². The van der Waals surface area contributed by atoms with Gasteiger partial charge in [-0.15, -0.1) is 0 Å². The van der Waals surface area contributed by atoms with Crippen LogP contribution in [0, 0.1) is 0 Å². The number of hydrogen-bond donors (Lipinski definition) is 1. The highest BCUT2D eigenvalue weighted by atomic mass is 35.5. The summed E-state index contributed by atoms with van der Waals surface area (Å²) in [6.07, 6.45) is 1.01. The predicted molar refractivity (Wildman–Crippen MR) is 86.4 cm³/mol. The van der Waals surface area contributed by atoms with Crippen molar-refractivity contribution in [2.24, 2.45) is 5.14 Å². The van der Waals surface area contributed by atoms with Gasteiger partial charge in [-0.2, -0.15) is 0 Å². The summed E-state index contributed by atoms with van der Waals surface area (Å²) in [6, 6.07) is 8.29. The van der Waals surface area contributed by atoms with Crippen LogP contribution in [0.2, 0.25) is 10.0 Å². The van der Waals surface area contributed by atoms with Gasteiger partial charge in [0, 0.05) is 22.4 Å². The van der Waals surface area contributed by atoms with Gasteiger partial charge in [0.25, 0.3) is 0 Å². The molecule has 0 amide bonds. The Kier molecular flexibility index (Phi) is 4.56. The Labute approximate surface area is 138 Å². The molecule has 22 heavy (non-hydrogen) atoms. The van der Waals surface area contributed by atoms with Crippen molar-refractivity contribution < 1.29 is 16.8 Å². The van der Waals surface area contributed by atoms with Crippen molar-refractivity contribution in [3.8, 4) is 11.1 Å². The third-order valence-electron chi connectivity index (χ3n) is 2.90. The molecular weight excluding hydrogens is 369 g/mol. The number of halogens is 2. The minimum absolute atomic E-state index is 0.0860. The van der Waals surface area contributed by atoms with E-state index < -0.39 is 19.9 Å². The average molecular weight is 380 g/mol. The van der Waals surface area contributed by atoms with Crippen molar-refractivity contribution in [2.75, 3.05) is 6.26 Å². The Morgan fingerprint density at radius 2 is 1.55 bits per heavy atom. The molecule has 2 aromatic carbocycles. The molecule has 0 saturated carbocycles. The van der Waals surface area contributed by atoms with Crippen LogP contribution >= 0.6 is 23.2 Å². The lowest BCUT2D eigenvalue weighted by molar-refractivity contribution is 0.597. The van der Waals surface area contributed by atoms with E-state index in [1.165, 1.54) is 36.4 Å². The first-order chi connectivity index (χ1) is 10.0. The van der Waals surface area contributed by atoms with E-state index in [4.69, 9.17) is 28.3 Å². The first-order valence-corrected chi connectivity index (χ1v) is 10.0. The molecule has 5 nitrogen and oxygen atoms in total. The number of primary sulfonamides is 1. The van der Waals surface area contributed by atoms with Gasteiger partial charge in [-0.25, -0.2) is 22.0 Å². The Hall–Kier alpha value is -1.12. The normalized spacial score (nSPS) is 12.4. The fourth-order valence-corrected chi connectivity index (χ4v) is 4.28. The lowest BCUT2D eigenvalue weighted by Crippen LogP contribution is -2.13. The van der Waals surface area contributed by atoms with Gasteiger partial charge in [-0.1, -0.05) is 35.3 Å². The van der Waals surface area contributed by atoms with E-state index in [0.717, 1.165) is 6.26 Å². The highest BCUT2D eigenvalue weighted by Gasteiger charge is 2.21. The summed E-state index contributed by atoms with van der Waals surface area (Å²) in [4.78, 5) is -0.295. The summed E-state index contributed by atoms with van der Waals surface area (Å²) < 4.78 is 46.9. The van der Waals surface area contributed by atoms with Gasteiger partial charge >= 0.3 is 0 Å². The van der Waals surface area contributed by atoms with Gasteiger partial charge < -0.3 is 0 Å². The van der Waals surface area contributed by atoms with Gasteiger partial charge in [-0.3, -0.25) is 0 Å². The van der Waals surface area contributed by atoms with Crippen molar-refractivity contribution in [3.63, 3.8) is 0 Å². The van der Waals surface area contributed by atoms with Gasteiger partial charge in [0.1, 0.15) is 0 Å². The topological polar surface area (TPSA) is 94.3 Å². The van der Waals surface area contributed by atoms with Crippen LogP contribution in [0.1, 0.15) is 0 Å². The third kappa shape index (κ3) is 3.44. The molecule has 0 saturated heterocycles. The molecule has 0 bridgehead atoms. The summed E-state index contributed by atoms with van der Waals surface area (Å²) in [5.74, 6) is 0. The number of sulfone groups is 1. The molecule has 0 aliphatic heterocycles. The maximum absolute atomic E-state index is 11.7. The second-order valence-electron chi connectivity index (χ2n) is 4.58. The van der Waals surface area contributed by atoms with Crippen LogP contribution in [0.4, 0.5) is 0 Å².